The predicted octanol–water partition coefficient (Wildman–Crippen LogP) is 1.81. The van der Waals surface area contributed by atoms with Gasteiger partial charge in [-0.2, -0.15) is 0 Å². The molecule has 108 valence electrons. The maximum Gasteiger partial charge on any atom is 0.267 e. The molecule has 0 aromatic heterocycles. The van der Waals surface area contributed by atoms with Gasteiger partial charge < -0.3 is 20.1 Å². The summed E-state index contributed by atoms with van der Waals surface area (Å²) in [6.45, 7) is 4.08. The Morgan fingerprint density at radius 3 is 2.85 bits per heavy atom. The van der Waals surface area contributed by atoms with Gasteiger partial charge in [-0.3, -0.25) is 4.79 Å². The molecule has 1 unspecified atom stereocenters. The van der Waals surface area contributed by atoms with Crippen molar-refractivity contribution < 1.29 is 14.3 Å². The number of ether oxygens (including phenoxy) is 2. The summed E-state index contributed by atoms with van der Waals surface area (Å²) in [4.78, 5) is 14.2. The van der Waals surface area contributed by atoms with Gasteiger partial charge in [-0.15, -0.1) is 0 Å². The second-order valence-corrected chi connectivity index (χ2v) is 5.49. The van der Waals surface area contributed by atoms with Crippen LogP contribution in [0.15, 0.2) is 18.2 Å². The molecule has 1 fully saturated rings. The van der Waals surface area contributed by atoms with Crippen LogP contribution >= 0.6 is 0 Å². The molecule has 0 saturated carbocycles. The number of rotatable bonds is 2. The van der Waals surface area contributed by atoms with Crippen LogP contribution in [-0.4, -0.2) is 31.8 Å². The lowest BCUT2D eigenvalue weighted by atomic mass is 9.98. The highest BCUT2D eigenvalue weighted by Gasteiger charge is 2.33. The first-order valence-corrected chi connectivity index (χ1v) is 7.10. The summed E-state index contributed by atoms with van der Waals surface area (Å²) in [5, 5.41) is 0. The lowest BCUT2D eigenvalue weighted by Crippen LogP contribution is -2.47. The zero-order chi connectivity index (χ0) is 14.1. The van der Waals surface area contributed by atoms with Crippen molar-refractivity contribution in [2.75, 3.05) is 30.4 Å². The van der Waals surface area contributed by atoms with Crippen molar-refractivity contribution in [2.24, 2.45) is 5.92 Å². The Morgan fingerprint density at radius 1 is 1.35 bits per heavy atom. The number of anilines is 2. The largest absolute Gasteiger partial charge is 0.479 e. The molecule has 1 aromatic rings. The Kier molecular flexibility index (Phi) is 3.53. The lowest BCUT2D eigenvalue weighted by molar-refractivity contribution is -0.125. The Bertz CT molecular complexity index is 512. The molecule has 5 nitrogen and oxygen atoms in total. The molecule has 1 atom stereocenters. The molecule has 1 saturated heterocycles. The standard InChI is InChI=1S/C15H20N2O3/c1-10-15(18)17(9-11-4-6-19-7-5-11)13-3-2-12(16)8-14(13)20-10/h2-3,8,10-11H,4-7,9,16H2,1H3. The van der Waals surface area contributed by atoms with E-state index in [1.807, 2.05) is 17.0 Å². The molecule has 20 heavy (non-hydrogen) atoms. The first-order chi connectivity index (χ1) is 9.65. The van der Waals surface area contributed by atoms with Crippen LogP contribution in [0.25, 0.3) is 0 Å². The number of carbonyl (C=O) groups excluding carboxylic acids is 1. The SMILES string of the molecule is CC1Oc2cc(N)ccc2N(CC2CCOCC2)C1=O. The first-order valence-electron chi connectivity index (χ1n) is 7.10. The molecule has 2 N–H and O–H groups in total. The molecule has 0 spiro atoms. The van der Waals surface area contributed by atoms with E-state index < -0.39 is 6.10 Å². The summed E-state index contributed by atoms with van der Waals surface area (Å²) >= 11 is 0. The summed E-state index contributed by atoms with van der Waals surface area (Å²) in [6, 6.07) is 5.46. The second kappa shape index (κ2) is 5.32. The van der Waals surface area contributed by atoms with E-state index >= 15 is 0 Å². The van der Waals surface area contributed by atoms with E-state index in [-0.39, 0.29) is 5.91 Å². The first kappa shape index (κ1) is 13.2. The van der Waals surface area contributed by atoms with Gasteiger partial charge >= 0.3 is 0 Å². The number of nitrogens with zero attached hydrogens (tertiary/aromatic N) is 1. The highest BCUT2D eigenvalue weighted by Crippen LogP contribution is 2.36. The van der Waals surface area contributed by atoms with Gasteiger partial charge in [-0.1, -0.05) is 0 Å². The van der Waals surface area contributed by atoms with Crippen LogP contribution in [0.3, 0.4) is 0 Å². The number of benzene rings is 1. The molecule has 0 bridgehead atoms. The Hall–Kier alpha value is -1.75. The van der Waals surface area contributed by atoms with Crippen molar-refractivity contribution in [3.8, 4) is 5.75 Å². The summed E-state index contributed by atoms with van der Waals surface area (Å²) in [7, 11) is 0. The Labute approximate surface area is 118 Å². The van der Waals surface area contributed by atoms with E-state index in [4.69, 9.17) is 15.2 Å². The Morgan fingerprint density at radius 2 is 2.10 bits per heavy atom. The number of nitrogen functional groups attached to an aromatic ring is 1. The van der Waals surface area contributed by atoms with Gasteiger partial charge in [0.15, 0.2) is 6.10 Å². The molecule has 1 amide bonds. The molecule has 2 heterocycles. The number of amides is 1. The van der Waals surface area contributed by atoms with Crippen molar-refractivity contribution in [3.05, 3.63) is 18.2 Å². The number of hydrogen-bond donors (Lipinski definition) is 1. The van der Waals surface area contributed by atoms with Gasteiger partial charge in [0.25, 0.3) is 5.91 Å². The minimum atomic E-state index is -0.454. The normalized spacial score (nSPS) is 23.4. The molecule has 3 rings (SSSR count). The van der Waals surface area contributed by atoms with E-state index in [2.05, 4.69) is 0 Å². The third-order valence-electron chi connectivity index (χ3n) is 3.97. The minimum absolute atomic E-state index is 0.0220. The third-order valence-corrected chi connectivity index (χ3v) is 3.97. The van der Waals surface area contributed by atoms with Crippen LogP contribution < -0.4 is 15.4 Å². The highest BCUT2D eigenvalue weighted by atomic mass is 16.5. The van der Waals surface area contributed by atoms with Gasteiger partial charge in [0, 0.05) is 31.5 Å². The fourth-order valence-corrected chi connectivity index (χ4v) is 2.80. The van der Waals surface area contributed by atoms with Crippen LogP contribution in [0.5, 0.6) is 5.75 Å². The van der Waals surface area contributed by atoms with Crippen molar-refractivity contribution in [1.82, 2.24) is 0 Å². The monoisotopic (exact) mass is 276 g/mol. The van der Waals surface area contributed by atoms with Crippen LogP contribution in [0.1, 0.15) is 19.8 Å². The average molecular weight is 276 g/mol. The maximum atomic E-state index is 12.4. The fourth-order valence-electron chi connectivity index (χ4n) is 2.80. The summed E-state index contributed by atoms with van der Waals surface area (Å²) < 4.78 is 11.0. The molecule has 0 aliphatic carbocycles. The topological polar surface area (TPSA) is 64.8 Å². The maximum absolute atomic E-state index is 12.4. The summed E-state index contributed by atoms with van der Waals surface area (Å²) in [5.41, 5.74) is 7.27. The third kappa shape index (κ3) is 2.45. The van der Waals surface area contributed by atoms with Crippen LogP contribution in [0, 0.1) is 5.92 Å². The van der Waals surface area contributed by atoms with E-state index in [0.717, 1.165) is 38.3 Å². The Balaban J connectivity index is 1.86. The van der Waals surface area contributed by atoms with E-state index in [1.54, 1.807) is 13.0 Å². The zero-order valence-electron chi connectivity index (χ0n) is 11.7. The van der Waals surface area contributed by atoms with E-state index in [1.165, 1.54) is 0 Å². The van der Waals surface area contributed by atoms with Gasteiger partial charge in [-0.25, -0.2) is 0 Å². The number of hydrogen-bond acceptors (Lipinski definition) is 4. The summed E-state index contributed by atoms with van der Waals surface area (Å²) in [5.74, 6) is 1.21. The van der Waals surface area contributed by atoms with Crippen LogP contribution in [-0.2, 0) is 9.53 Å². The average Bonchev–Trinajstić information content (AvgIpc) is 2.45. The highest BCUT2D eigenvalue weighted by molar-refractivity contribution is 6.00. The van der Waals surface area contributed by atoms with Crippen molar-refractivity contribution in [3.63, 3.8) is 0 Å². The smallest absolute Gasteiger partial charge is 0.267 e. The minimum Gasteiger partial charge on any atom is -0.479 e. The second-order valence-electron chi connectivity index (χ2n) is 5.49. The number of nitrogens with two attached hydrogens (primary N) is 1. The molecule has 5 heteroatoms. The van der Waals surface area contributed by atoms with E-state index in [0.29, 0.717) is 17.4 Å². The summed E-state index contributed by atoms with van der Waals surface area (Å²) in [6.07, 6.45) is 1.55. The molecule has 1 aromatic carbocycles. The lowest BCUT2D eigenvalue weighted by Gasteiger charge is -2.36. The van der Waals surface area contributed by atoms with Crippen LogP contribution in [0.2, 0.25) is 0 Å². The molecule has 0 radical (unpaired) electrons. The fraction of sp³-hybridized carbons (Fsp3) is 0.533. The molecular weight excluding hydrogens is 256 g/mol. The van der Waals surface area contributed by atoms with Gasteiger partial charge in [0.2, 0.25) is 0 Å². The van der Waals surface area contributed by atoms with Crippen molar-refractivity contribution in [2.45, 2.75) is 25.9 Å². The van der Waals surface area contributed by atoms with Gasteiger partial charge in [0.05, 0.1) is 5.69 Å². The zero-order valence-corrected chi connectivity index (χ0v) is 11.7. The molecule has 2 aliphatic heterocycles. The molecular formula is C15H20N2O3. The predicted molar refractivity (Wildman–Crippen MR) is 76.8 cm³/mol. The molecule has 2 aliphatic rings. The van der Waals surface area contributed by atoms with Crippen LogP contribution in [0.4, 0.5) is 11.4 Å². The van der Waals surface area contributed by atoms with Gasteiger partial charge in [0.1, 0.15) is 5.75 Å². The van der Waals surface area contributed by atoms with Crippen molar-refractivity contribution >= 4 is 17.3 Å². The number of carbonyl (C=O) groups is 1. The number of fused-ring (bicyclic) bond motifs is 1. The quantitative estimate of drug-likeness (QED) is 0.837. The van der Waals surface area contributed by atoms with Gasteiger partial charge in [-0.05, 0) is 37.8 Å². The van der Waals surface area contributed by atoms with Crippen molar-refractivity contribution in [1.29, 1.82) is 0 Å². The van der Waals surface area contributed by atoms with E-state index in [9.17, 15) is 4.79 Å².